The van der Waals surface area contributed by atoms with Crippen LogP contribution in [0.25, 0.3) is 21.6 Å². The zero-order valence-corrected chi connectivity index (χ0v) is 23.3. The second-order valence-electron chi connectivity index (χ2n) is 10.5. The molecule has 1 atom stereocenters. The molecule has 4 aromatic rings. The van der Waals surface area contributed by atoms with Crippen LogP contribution in [-0.2, 0) is 9.84 Å². The van der Waals surface area contributed by atoms with Crippen LogP contribution in [0.3, 0.4) is 0 Å². The Morgan fingerprint density at radius 3 is 2.37 bits per heavy atom. The molecular formula is C27H31N5O4S2. The summed E-state index contributed by atoms with van der Waals surface area (Å²) in [6.45, 7) is 7.92. The van der Waals surface area contributed by atoms with Crippen LogP contribution in [0.15, 0.2) is 45.8 Å². The highest BCUT2D eigenvalue weighted by Gasteiger charge is 2.36. The van der Waals surface area contributed by atoms with Crippen LogP contribution < -0.4 is 9.64 Å². The summed E-state index contributed by atoms with van der Waals surface area (Å²) in [5.74, 6) is 1.39. The molecule has 1 saturated carbocycles. The van der Waals surface area contributed by atoms with Gasteiger partial charge in [-0.25, -0.2) is 18.4 Å². The Morgan fingerprint density at radius 2 is 1.71 bits per heavy atom. The second-order valence-corrected chi connectivity index (χ2v) is 13.7. The zero-order chi connectivity index (χ0) is 26.4. The Labute approximate surface area is 226 Å². The third kappa shape index (κ3) is 5.01. The molecule has 200 valence electrons. The number of anilines is 1. The van der Waals surface area contributed by atoms with Crippen molar-refractivity contribution in [1.82, 2.24) is 20.1 Å². The molecule has 1 aromatic carbocycles. The van der Waals surface area contributed by atoms with Crippen molar-refractivity contribution >= 4 is 37.5 Å². The smallest absolute Gasteiger partial charge is 0.324 e. The minimum absolute atomic E-state index is 0.0204. The lowest BCUT2D eigenvalue weighted by atomic mass is 9.92. The molecule has 38 heavy (non-hydrogen) atoms. The molecule has 1 saturated heterocycles. The summed E-state index contributed by atoms with van der Waals surface area (Å²) in [6.07, 6.45) is 3.48. The quantitative estimate of drug-likeness (QED) is 0.280. The number of piperidine rings is 1. The average molecular weight is 554 g/mol. The van der Waals surface area contributed by atoms with Crippen LogP contribution in [0.1, 0.15) is 58.2 Å². The van der Waals surface area contributed by atoms with Crippen molar-refractivity contribution < 1.29 is 17.7 Å². The summed E-state index contributed by atoms with van der Waals surface area (Å²) in [7, 11) is -3.19. The number of rotatable bonds is 8. The fourth-order valence-corrected chi connectivity index (χ4v) is 7.33. The summed E-state index contributed by atoms with van der Waals surface area (Å²) < 4.78 is 36.7. The summed E-state index contributed by atoms with van der Waals surface area (Å²) in [4.78, 5) is 17.3. The molecule has 9 nitrogen and oxygen atoms in total. The van der Waals surface area contributed by atoms with E-state index in [0.717, 1.165) is 66.2 Å². The third-order valence-electron chi connectivity index (χ3n) is 7.39. The normalized spacial score (nSPS) is 17.8. The number of aromatic nitrogens is 4. The van der Waals surface area contributed by atoms with Gasteiger partial charge in [-0.3, -0.25) is 0 Å². The maximum Gasteiger partial charge on any atom is 0.324 e. The van der Waals surface area contributed by atoms with Gasteiger partial charge in [-0.1, -0.05) is 42.5 Å². The molecule has 0 spiro atoms. The molecule has 0 radical (unpaired) electrons. The Balaban J connectivity index is 1.09. The van der Waals surface area contributed by atoms with Crippen LogP contribution in [0.2, 0.25) is 0 Å². The summed E-state index contributed by atoms with van der Waals surface area (Å²) in [5, 5.41) is 4.48. The minimum atomic E-state index is -3.19. The van der Waals surface area contributed by atoms with Gasteiger partial charge in [0.1, 0.15) is 16.5 Å². The largest absolute Gasteiger partial charge is 0.467 e. The molecule has 2 aliphatic rings. The monoisotopic (exact) mass is 553 g/mol. The molecule has 11 heteroatoms. The lowest BCUT2D eigenvalue weighted by Gasteiger charge is -2.33. The van der Waals surface area contributed by atoms with Gasteiger partial charge in [0, 0.05) is 24.6 Å². The molecule has 0 amide bonds. The van der Waals surface area contributed by atoms with Gasteiger partial charge in [0.05, 0.1) is 15.8 Å². The van der Waals surface area contributed by atoms with Gasteiger partial charge in [0.2, 0.25) is 0 Å². The minimum Gasteiger partial charge on any atom is -0.467 e. The number of benzene rings is 1. The standard InChI is InChI=1S/C27H31N5O4S2/c1-16(2)24-30-26(36-31-24)32-14-12-18(13-15-32)17(3)35-27-29-23-11-10-22(28-25(23)37-27)19-4-6-20(7-5-19)38(33,34)21-8-9-21/h4-7,10-11,16-18,21H,8-9,12-15H2,1-3H3. The first-order chi connectivity index (χ1) is 18.3. The SMILES string of the molecule is CC(C)c1noc(N2CCC(C(C)Oc3nc4ccc(-c5ccc(S(=O)(=O)C6CC6)cc5)nc4s3)CC2)n1. The summed E-state index contributed by atoms with van der Waals surface area (Å²) in [5.41, 5.74) is 2.45. The van der Waals surface area contributed by atoms with E-state index >= 15 is 0 Å². The van der Waals surface area contributed by atoms with E-state index in [1.807, 2.05) is 24.3 Å². The molecular weight excluding hydrogens is 522 g/mol. The Bertz CT molecular complexity index is 1540. The van der Waals surface area contributed by atoms with E-state index in [-0.39, 0.29) is 17.3 Å². The maximum atomic E-state index is 12.5. The van der Waals surface area contributed by atoms with Crippen molar-refractivity contribution in [3.05, 3.63) is 42.2 Å². The van der Waals surface area contributed by atoms with Crippen molar-refractivity contribution in [1.29, 1.82) is 0 Å². The highest BCUT2D eigenvalue weighted by atomic mass is 32.2. The number of hydrogen-bond acceptors (Lipinski definition) is 10. The summed E-state index contributed by atoms with van der Waals surface area (Å²) in [6, 6.07) is 11.5. The molecule has 3 aromatic heterocycles. The molecule has 4 heterocycles. The van der Waals surface area contributed by atoms with Gasteiger partial charge in [0.15, 0.2) is 15.7 Å². The predicted octanol–water partition coefficient (Wildman–Crippen LogP) is 5.48. The summed E-state index contributed by atoms with van der Waals surface area (Å²) >= 11 is 1.44. The first-order valence-electron chi connectivity index (χ1n) is 13.1. The van der Waals surface area contributed by atoms with E-state index in [9.17, 15) is 8.42 Å². The fourth-order valence-electron chi connectivity index (χ4n) is 4.80. The van der Waals surface area contributed by atoms with E-state index in [2.05, 4.69) is 40.8 Å². The van der Waals surface area contributed by atoms with Crippen LogP contribution >= 0.6 is 11.3 Å². The first kappa shape index (κ1) is 25.2. The Morgan fingerprint density at radius 1 is 0.974 bits per heavy atom. The van der Waals surface area contributed by atoms with Crippen LogP contribution in [0.5, 0.6) is 5.19 Å². The van der Waals surface area contributed by atoms with Crippen molar-refractivity contribution in [3.63, 3.8) is 0 Å². The van der Waals surface area contributed by atoms with E-state index in [0.29, 0.717) is 22.0 Å². The lowest BCUT2D eigenvalue weighted by molar-refractivity contribution is 0.131. The highest BCUT2D eigenvalue weighted by Crippen LogP contribution is 2.35. The molecule has 0 bridgehead atoms. The van der Waals surface area contributed by atoms with Crippen molar-refractivity contribution in [2.24, 2.45) is 5.92 Å². The zero-order valence-electron chi connectivity index (χ0n) is 21.7. The van der Waals surface area contributed by atoms with Gasteiger partial charge in [-0.2, -0.15) is 4.98 Å². The number of fused-ring (bicyclic) bond motifs is 1. The predicted molar refractivity (Wildman–Crippen MR) is 146 cm³/mol. The Kier molecular flexibility index (Phi) is 6.59. The van der Waals surface area contributed by atoms with Gasteiger partial charge in [-0.05, 0) is 62.8 Å². The fraction of sp³-hybridized carbons (Fsp3) is 0.481. The van der Waals surface area contributed by atoms with Crippen LogP contribution in [-0.4, -0.2) is 53.0 Å². The van der Waals surface area contributed by atoms with E-state index in [4.69, 9.17) is 14.2 Å². The maximum absolute atomic E-state index is 12.5. The van der Waals surface area contributed by atoms with Crippen molar-refractivity contribution in [3.8, 4) is 16.5 Å². The number of nitrogens with zero attached hydrogens (tertiary/aromatic N) is 5. The molecule has 6 rings (SSSR count). The van der Waals surface area contributed by atoms with Crippen LogP contribution in [0, 0.1) is 5.92 Å². The molecule has 0 N–H and O–H groups in total. The Hall–Kier alpha value is -3.05. The van der Waals surface area contributed by atoms with Gasteiger partial charge >= 0.3 is 6.01 Å². The van der Waals surface area contributed by atoms with Crippen molar-refractivity contribution in [2.75, 3.05) is 18.0 Å². The van der Waals surface area contributed by atoms with Gasteiger partial charge < -0.3 is 14.2 Å². The number of ether oxygens (including phenoxy) is 1. The third-order valence-corrected chi connectivity index (χ3v) is 10.5. The first-order valence-corrected chi connectivity index (χ1v) is 15.5. The second kappa shape index (κ2) is 9.92. The molecule has 1 aliphatic carbocycles. The molecule has 1 unspecified atom stereocenters. The van der Waals surface area contributed by atoms with Crippen molar-refractivity contribution in [2.45, 2.75) is 68.6 Å². The van der Waals surface area contributed by atoms with Crippen LogP contribution in [0.4, 0.5) is 6.01 Å². The number of sulfone groups is 1. The molecule has 2 fully saturated rings. The number of pyridine rings is 1. The average Bonchev–Trinajstić information content (AvgIpc) is 3.53. The highest BCUT2D eigenvalue weighted by molar-refractivity contribution is 7.92. The number of hydrogen-bond donors (Lipinski definition) is 0. The van der Waals surface area contributed by atoms with Gasteiger partial charge in [0.25, 0.3) is 5.19 Å². The van der Waals surface area contributed by atoms with Gasteiger partial charge in [-0.15, -0.1) is 0 Å². The topological polar surface area (TPSA) is 111 Å². The number of thiazole rings is 1. The van der Waals surface area contributed by atoms with E-state index in [1.165, 1.54) is 11.3 Å². The molecule has 1 aliphatic heterocycles. The lowest BCUT2D eigenvalue weighted by Crippen LogP contribution is -2.38. The van der Waals surface area contributed by atoms with E-state index < -0.39 is 9.84 Å². The van der Waals surface area contributed by atoms with E-state index in [1.54, 1.807) is 12.1 Å².